The zero-order chi connectivity index (χ0) is 12.5. The average Bonchev–Trinajstić information content (AvgIpc) is 2.33. The van der Waals surface area contributed by atoms with Crippen molar-refractivity contribution in [3.8, 4) is 5.75 Å². The molecule has 4 heteroatoms. The molecular formula is C13H21NO2S. The molecule has 1 aromatic carbocycles. The molecule has 0 radical (unpaired) electrons. The summed E-state index contributed by atoms with van der Waals surface area (Å²) in [4.78, 5) is 1.08. The number of aliphatic hydroxyl groups excluding tert-OH is 1. The van der Waals surface area contributed by atoms with Gasteiger partial charge in [0, 0.05) is 17.2 Å². The molecule has 0 saturated carbocycles. The van der Waals surface area contributed by atoms with Gasteiger partial charge in [0.15, 0.2) is 0 Å². The number of anilines is 1. The Labute approximate surface area is 107 Å². The van der Waals surface area contributed by atoms with E-state index in [-0.39, 0.29) is 6.61 Å². The summed E-state index contributed by atoms with van der Waals surface area (Å²) in [7, 11) is 0. The third-order valence-electron chi connectivity index (χ3n) is 2.36. The van der Waals surface area contributed by atoms with E-state index >= 15 is 0 Å². The van der Waals surface area contributed by atoms with E-state index in [1.807, 2.05) is 25.1 Å². The molecular weight excluding hydrogens is 234 g/mol. The lowest BCUT2D eigenvalue weighted by atomic mass is 10.3. The molecule has 0 heterocycles. The van der Waals surface area contributed by atoms with Crippen LogP contribution in [0.1, 0.15) is 26.2 Å². The topological polar surface area (TPSA) is 55.5 Å². The molecule has 0 saturated heterocycles. The van der Waals surface area contributed by atoms with Gasteiger partial charge in [-0.25, -0.2) is 0 Å². The van der Waals surface area contributed by atoms with E-state index in [4.69, 9.17) is 15.6 Å². The monoisotopic (exact) mass is 255 g/mol. The quantitative estimate of drug-likeness (QED) is 0.426. The summed E-state index contributed by atoms with van der Waals surface area (Å²) in [5.41, 5.74) is 6.72. The first kappa shape index (κ1) is 14.2. The molecule has 0 spiro atoms. The molecule has 0 fully saturated rings. The Morgan fingerprint density at radius 2 is 2.12 bits per heavy atom. The zero-order valence-corrected chi connectivity index (χ0v) is 11.1. The van der Waals surface area contributed by atoms with Crippen LogP contribution in [0.25, 0.3) is 0 Å². The molecule has 3 nitrogen and oxygen atoms in total. The van der Waals surface area contributed by atoms with Crippen LogP contribution in [0, 0.1) is 0 Å². The summed E-state index contributed by atoms with van der Waals surface area (Å²) >= 11 is 1.75. The number of rotatable bonds is 8. The Morgan fingerprint density at radius 1 is 1.29 bits per heavy atom. The predicted molar refractivity (Wildman–Crippen MR) is 73.7 cm³/mol. The van der Waals surface area contributed by atoms with E-state index in [0.717, 1.165) is 41.3 Å². The summed E-state index contributed by atoms with van der Waals surface area (Å²) in [6.45, 7) is 2.93. The number of nitrogen functional groups attached to an aromatic ring is 1. The van der Waals surface area contributed by atoms with Crippen LogP contribution in [0.3, 0.4) is 0 Å². The summed E-state index contributed by atoms with van der Waals surface area (Å²) in [5, 5.41) is 8.68. The van der Waals surface area contributed by atoms with Crippen molar-refractivity contribution in [1.29, 1.82) is 0 Å². The first-order chi connectivity index (χ1) is 8.27. The minimum absolute atomic E-state index is 0.284. The van der Waals surface area contributed by atoms with E-state index in [1.165, 1.54) is 0 Å². The van der Waals surface area contributed by atoms with Gasteiger partial charge in [0.25, 0.3) is 0 Å². The van der Waals surface area contributed by atoms with Crippen molar-refractivity contribution in [2.45, 2.75) is 31.1 Å². The van der Waals surface area contributed by atoms with Crippen LogP contribution in [0.5, 0.6) is 5.75 Å². The van der Waals surface area contributed by atoms with Crippen molar-refractivity contribution in [1.82, 2.24) is 0 Å². The van der Waals surface area contributed by atoms with Crippen LogP contribution >= 0.6 is 11.8 Å². The SMILES string of the molecule is CCOc1ccc(N)c(SCCCCCO)c1. The van der Waals surface area contributed by atoms with Gasteiger partial charge in [-0.05, 0) is 43.7 Å². The van der Waals surface area contributed by atoms with Gasteiger partial charge in [-0.2, -0.15) is 0 Å². The fraction of sp³-hybridized carbons (Fsp3) is 0.538. The van der Waals surface area contributed by atoms with Crippen molar-refractivity contribution in [3.05, 3.63) is 18.2 Å². The van der Waals surface area contributed by atoms with Crippen LogP contribution in [0.15, 0.2) is 23.1 Å². The van der Waals surface area contributed by atoms with Gasteiger partial charge in [0.2, 0.25) is 0 Å². The molecule has 0 aliphatic rings. The van der Waals surface area contributed by atoms with E-state index in [2.05, 4.69) is 0 Å². The number of benzene rings is 1. The lowest BCUT2D eigenvalue weighted by Crippen LogP contribution is -1.94. The van der Waals surface area contributed by atoms with Gasteiger partial charge in [-0.15, -0.1) is 11.8 Å². The van der Waals surface area contributed by atoms with Gasteiger partial charge in [0.05, 0.1) is 6.61 Å². The lowest BCUT2D eigenvalue weighted by molar-refractivity contribution is 0.284. The Hall–Kier alpha value is -0.870. The van der Waals surface area contributed by atoms with Crippen LogP contribution in [0.4, 0.5) is 5.69 Å². The highest BCUT2D eigenvalue weighted by atomic mass is 32.2. The summed E-state index contributed by atoms with van der Waals surface area (Å²) in [6, 6.07) is 5.78. The number of unbranched alkanes of at least 4 members (excludes halogenated alkanes) is 2. The first-order valence-electron chi connectivity index (χ1n) is 6.04. The Bertz CT molecular complexity index is 331. The van der Waals surface area contributed by atoms with Gasteiger partial charge in [-0.1, -0.05) is 6.42 Å². The van der Waals surface area contributed by atoms with Crippen LogP contribution in [-0.2, 0) is 0 Å². The van der Waals surface area contributed by atoms with E-state index in [0.29, 0.717) is 6.61 Å². The maximum absolute atomic E-state index is 8.68. The van der Waals surface area contributed by atoms with Crippen molar-refractivity contribution < 1.29 is 9.84 Å². The summed E-state index contributed by atoms with van der Waals surface area (Å²) in [5.74, 6) is 1.90. The third-order valence-corrected chi connectivity index (χ3v) is 3.51. The third kappa shape index (κ3) is 5.33. The number of aliphatic hydroxyl groups is 1. The van der Waals surface area contributed by atoms with Crippen LogP contribution < -0.4 is 10.5 Å². The molecule has 3 N–H and O–H groups in total. The van der Waals surface area contributed by atoms with Gasteiger partial charge in [-0.3, -0.25) is 0 Å². The molecule has 17 heavy (non-hydrogen) atoms. The maximum atomic E-state index is 8.68. The predicted octanol–water partition coefficient (Wildman–Crippen LogP) is 2.92. The molecule has 0 bridgehead atoms. The van der Waals surface area contributed by atoms with Crippen molar-refractivity contribution in [2.24, 2.45) is 0 Å². The largest absolute Gasteiger partial charge is 0.494 e. The second-order valence-corrected chi connectivity index (χ2v) is 4.90. The number of hydrogen-bond donors (Lipinski definition) is 2. The van der Waals surface area contributed by atoms with Crippen molar-refractivity contribution >= 4 is 17.4 Å². The second-order valence-electron chi connectivity index (χ2n) is 3.77. The first-order valence-corrected chi connectivity index (χ1v) is 7.02. The minimum Gasteiger partial charge on any atom is -0.494 e. The number of ether oxygens (including phenoxy) is 1. The molecule has 0 aliphatic heterocycles. The molecule has 0 aliphatic carbocycles. The molecule has 0 amide bonds. The van der Waals surface area contributed by atoms with Gasteiger partial charge < -0.3 is 15.6 Å². The Morgan fingerprint density at radius 3 is 2.82 bits per heavy atom. The highest BCUT2D eigenvalue weighted by Gasteiger charge is 2.02. The minimum atomic E-state index is 0.284. The van der Waals surface area contributed by atoms with Crippen LogP contribution in [0.2, 0.25) is 0 Å². The summed E-state index contributed by atoms with van der Waals surface area (Å²) in [6.07, 6.45) is 3.05. The van der Waals surface area contributed by atoms with Gasteiger partial charge >= 0.3 is 0 Å². The van der Waals surface area contributed by atoms with E-state index < -0.39 is 0 Å². The average molecular weight is 255 g/mol. The molecule has 96 valence electrons. The fourth-order valence-electron chi connectivity index (χ4n) is 1.47. The van der Waals surface area contributed by atoms with Crippen molar-refractivity contribution in [2.75, 3.05) is 24.7 Å². The van der Waals surface area contributed by atoms with Crippen molar-refractivity contribution in [3.63, 3.8) is 0 Å². The Balaban J connectivity index is 2.42. The zero-order valence-electron chi connectivity index (χ0n) is 10.3. The lowest BCUT2D eigenvalue weighted by Gasteiger charge is -2.08. The number of hydrogen-bond acceptors (Lipinski definition) is 4. The second kappa shape index (κ2) is 8.25. The molecule has 1 aromatic rings. The standard InChI is InChI=1S/C13H21NO2S/c1-2-16-11-6-7-12(14)13(10-11)17-9-5-3-4-8-15/h6-7,10,15H,2-5,8-9,14H2,1H3. The fourth-order valence-corrected chi connectivity index (χ4v) is 2.47. The van der Waals surface area contributed by atoms with Gasteiger partial charge in [0.1, 0.15) is 5.75 Å². The van der Waals surface area contributed by atoms with E-state index in [1.54, 1.807) is 11.8 Å². The highest BCUT2D eigenvalue weighted by molar-refractivity contribution is 7.99. The van der Waals surface area contributed by atoms with Crippen LogP contribution in [-0.4, -0.2) is 24.1 Å². The van der Waals surface area contributed by atoms with E-state index in [9.17, 15) is 0 Å². The highest BCUT2D eigenvalue weighted by Crippen LogP contribution is 2.29. The Kier molecular flexibility index (Phi) is 6.89. The number of thioether (sulfide) groups is 1. The molecule has 0 atom stereocenters. The number of nitrogens with two attached hydrogens (primary N) is 1. The molecule has 1 rings (SSSR count). The summed E-state index contributed by atoms with van der Waals surface area (Å²) < 4.78 is 5.44. The normalized spacial score (nSPS) is 10.5. The molecule has 0 unspecified atom stereocenters. The molecule has 0 aromatic heterocycles. The maximum Gasteiger partial charge on any atom is 0.120 e. The smallest absolute Gasteiger partial charge is 0.120 e.